The number of sulfone groups is 1. The van der Waals surface area contributed by atoms with E-state index in [1.807, 2.05) is 0 Å². The Kier molecular flexibility index (Phi) is 2.39. The third kappa shape index (κ3) is 2.27. The molecule has 0 aromatic heterocycles. The van der Waals surface area contributed by atoms with Crippen molar-refractivity contribution >= 4 is 31.6 Å². The molecular formula is C6H9BrO3S. The van der Waals surface area contributed by atoms with Gasteiger partial charge in [0.05, 0.1) is 0 Å². The van der Waals surface area contributed by atoms with E-state index in [0.29, 0.717) is 0 Å². The first kappa shape index (κ1) is 9.19. The number of halogens is 1. The molecule has 0 aromatic carbocycles. The predicted octanol–water partition coefficient (Wildman–Crippen LogP) is 0.731. The van der Waals surface area contributed by atoms with Crippen LogP contribution in [0.2, 0.25) is 0 Å². The molecule has 1 aliphatic carbocycles. The first-order valence-electron chi connectivity index (χ1n) is 3.29. The predicted molar refractivity (Wildman–Crippen MR) is 45.3 cm³/mol. The van der Waals surface area contributed by atoms with Gasteiger partial charge < -0.3 is 0 Å². The van der Waals surface area contributed by atoms with Crippen LogP contribution < -0.4 is 0 Å². The summed E-state index contributed by atoms with van der Waals surface area (Å²) in [6, 6.07) is 0. The third-order valence-corrected chi connectivity index (χ3v) is 5.05. The van der Waals surface area contributed by atoms with Crippen LogP contribution in [0.3, 0.4) is 0 Å². The van der Waals surface area contributed by atoms with Crippen molar-refractivity contribution < 1.29 is 13.2 Å². The van der Waals surface area contributed by atoms with Crippen LogP contribution in [0.4, 0.5) is 0 Å². The van der Waals surface area contributed by atoms with Crippen LogP contribution in [-0.4, -0.2) is 24.6 Å². The van der Waals surface area contributed by atoms with Crippen LogP contribution in [0, 0.1) is 5.92 Å². The van der Waals surface area contributed by atoms with Crippen molar-refractivity contribution in [2.75, 3.05) is 6.26 Å². The van der Waals surface area contributed by atoms with Crippen LogP contribution >= 0.6 is 15.9 Å². The van der Waals surface area contributed by atoms with Gasteiger partial charge in [-0.3, -0.25) is 4.79 Å². The Morgan fingerprint density at radius 1 is 1.55 bits per heavy atom. The highest BCUT2D eigenvalue weighted by atomic mass is 79.9. The molecule has 1 atom stereocenters. The second-order valence-electron chi connectivity index (χ2n) is 2.82. The molecule has 1 aliphatic rings. The molecule has 0 heterocycles. The Hall–Kier alpha value is 0.1000. The van der Waals surface area contributed by atoms with Gasteiger partial charge in [0, 0.05) is 12.2 Å². The van der Waals surface area contributed by atoms with Gasteiger partial charge in [-0.1, -0.05) is 15.9 Å². The summed E-state index contributed by atoms with van der Waals surface area (Å²) in [5, 5.41) is 0. The Morgan fingerprint density at radius 2 is 2.00 bits per heavy atom. The number of ketones is 1. The topological polar surface area (TPSA) is 51.2 Å². The number of carbonyl (C=O) groups excluding carboxylic acids is 1. The molecule has 11 heavy (non-hydrogen) atoms. The zero-order valence-electron chi connectivity index (χ0n) is 6.08. The molecule has 0 unspecified atom stereocenters. The summed E-state index contributed by atoms with van der Waals surface area (Å²) in [6.45, 7) is 0. The SMILES string of the molecule is CS(=O)(=O)[C@@H](Br)C(=O)C1CC1. The molecule has 1 rings (SSSR count). The summed E-state index contributed by atoms with van der Waals surface area (Å²) in [7, 11) is -3.24. The zero-order valence-corrected chi connectivity index (χ0v) is 8.48. The second kappa shape index (κ2) is 2.86. The molecule has 1 saturated carbocycles. The molecule has 64 valence electrons. The summed E-state index contributed by atoms with van der Waals surface area (Å²) in [5.74, 6) is -0.193. The van der Waals surface area contributed by atoms with Crippen molar-refractivity contribution in [3.8, 4) is 0 Å². The van der Waals surface area contributed by atoms with Gasteiger partial charge in [-0.05, 0) is 12.8 Å². The minimum Gasteiger partial charge on any atom is -0.297 e. The van der Waals surface area contributed by atoms with E-state index < -0.39 is 14.0 Å². The molecule has 3 nitrogen and oxygen atoms in total. The molecule has 5 heteroatoms. The maximum Gasteiger partial charge on any atom is 0.174 e. The lowest BCUT2D eigenvalue weighted by atomic mass is 10.3. The monoisotopic (exact) mass is 240 g/mol. The van der Waals surface area contributed by atoms with Crippen molar-refractivity contribution in [1.82, 2.24) is 0 Å². The van der Waals surface area contributed by atoms with E-state index in [0.717, 1.165) is 19.1 Å². The van der Waals surface area contributed by atoms with E-state index in [2.05, 4.69) is 15.9 Å². The Balaban J connectivity index is 2.67. The van der Waals surface area contributed by atoms with Gasteiger partial charge in [-0.2, -0.15) is 0 Å². The van der Waals surface area contributed by atoms with E-state index >= 15 is 0 Å². The first-order chi connectivity index (χ1) is 4.93. The van der Waals surface area contributed by atoms with Crippen LogP contribution in [0.5, 0.6) is 0 Å². The number of hydrogen-bond donors (Lipinski definition) is 0. The molecule has 0 spiro atoms. The van der Waals surface area contributed by atoms with E-state index in [4.69, 9.17) is 0 Å². The first-order valence-corrected chi connectivity index (χ1v) is 6.16. The number of carbonyl (C=O) groups is 1. The minimum atomic E-state index is -3.24. The van der Waals surface area contributed by atoms with Gasteiger partial charge in [-0.15, -0.1) is 0 Å². The molecule has 0 amide bonds. The lowest BCUT2D eigenvalue weighted by molar-refractivity contribution is -0.118. The minimum absolute atomic E-state index is 0.00546. The van der Waals surface area contributed by atoms with Gasteiger partial charge in [0.1, 0.15) is 0 Å². The standard InChI is InChI=1S/C6H9BrO3S/c1-11(9,10)6(7)5(8)4-2-3-4/h4,6H,2-3H2,1H3/t6-/m1/s1. The number of Topliss-reactive ketones (excluding diaryl/α,β-unsaturated/α-hetero) is 1. The van der Waals surface area contributed by atoms with Gasteiger partial charge in [-0.25, -0.2) is 8.42 Å². The summed E-state index contributed by atoms with van der Waals surface area (Å²) in [4.78, 5) is 11.1. The lowest BCUT2D eigenvalue weighted by Crippen LogP contribution is -2.24. The highest BCUT2D eigenvalue weighted by Gasteiger charge is 2.37. The van der Waals surface area contributed by atoms with Crippen molar-refractivity contribution in [1.29, 1.82) is 0 Å². The van der Waals surface area contributed by atoms with Gasteiger partial charge in [0.15, 0.2) is 19.8 Å². The molecule has 0 aromatic rings. The Bertz CT molecular complexity index is 266. The molecule has 0 aliphatic heterocycles. The van der Waals surface area contributed by atoms with Gasteiger partial charge in [0.25, 0.3) is 0 Å². The largest absolute Gasteiger partial charge is 0.297 e. The van der Waals surface area contributed by atoms with Crippen LogP contribution in [-0.2, 0) is 14.6 Å². The van der Waals surface area contributed by atoms with Crippen molar-refractivity contribution in [2.45, 2.75) is 17.0 Å². The fourth-order valence-corrected chi connectivity index (χ4v) is 1.75. The highest BCUT2D eigenvalue weighted by Crippen LogP contribution is 2.33. The molecule has 0 N–H and O–H groups in total. The average Bonchev–Trinajstić information content (AvgIpc) is 2.63. The van der Waals surface area contributed by atoms with Gasteiger partial charge in [0.2, 0.25) is 0 Å². The third-order valence-electron chi connectivity index (χ3n) is 1.58. The van der Waals surface area contributed by atoms with E-state index in [1.165, 1.54) is 0 Å². The van der Waals surface area contributed by atoms with Crippen molar-refractivity contribution in [3.05, 3.63) is 0 Å². The summed E-state index contributed by atoms with van der Waals surface area (Å²) < 4.78 is 20.7. The number of alkyl halides is 1. The maximum atomic E-state index is 11.1. The van der Waals surface area contributed by atoms with Gasteiger partial charge >= 0.3 is 0 Å². The molecular weight excluding hydrogens is 232 g/mol. The smallest absolute Gasteiger partial charge is 0.174 e. The lowest BCUT2D eigenvalue weighted by Gasteiger charge is -2.03. The zero-order chi connectivity index (χ0) is 8.65. The number of rotatable bonds is 3. The molecule has 1 fully saturated rings. The van der Waals surface area contributed by atoms with E-state index in [-0.39, 0.29) is 11.7 Å². The summed E-state index contributed by atoms with van der Waals surface area (Å²) >= 11 is 2.87. The Labute approximate surface area is 74.2 Å². The number of hydrogen-bond acceptors (Lipinski definition) is 3. The summed E-state index contributed by atoms with van der Waals surface area (Å²) in [6.07, 6.45) is 2.75. The molecule has 0 radical (unpaired) electrons. The molecule has 0 bridgehead atoms. The fourth-order valence-electron chi connectivity index (χ4n) is 0.764. The normalized spacial score (nSPS) is 21.3. The quantitative estimate of drug-likeness (QED) is 0.684. The highest BCUT2D eigenvalue weighted by molar-refractivity contribution is 9.11. The summed E-state index contributed by atoms with van der Waals surface area (Å²) in [5.41, 5.74) is 0. The maximum absolute atomic E-state index is 11.1. The van der Waals surface area contributed by atoms with E-state index in [1.54, 1.807) is 0 Å². The van der Waals surface area contributed by atoms with Crippen LogP contribution in [0.25, 0.3) is 0 Å². The Morgan fingerprint density at radius 3 is 2.27 bits per heavy atom. The fraction of sp³-hybridized carbons (Fsp3) is 0.833. The van der Waals surface area contributed by atoms with Crippen LogP contribution in [0.1, 0.15) is 12.8 Å². The van der Waals surface area contributed by atoms with Crippen molar-refractivity contribution in [3.63, 3.8) is 0 Å². The van der Waals surface area contributed by atoms with Crippen molar-refractivity contribution in [2.24, 2.45) is 5.92 Å². The molecule has 0 saturated heterocycles. The van der Waals surface area contributed by atoms with Crippen LogP contribution in [0.15, 0.2) is 0 Å². The average molecular weight is 241 g/mol. The second-order valence-corrected chi connectivity index (χ2v) is 6.47. The van der Waals surface area contributed by atoms with E-state index in [9.17, 15) is 13.2 Å².